The highest BCUT2D eigenvalue weighted by Crippen LogP contribution is 2.23. The number of amides is 1. The summed E-state index contributed by atoms with van der Waals surface area (Å²) >= 11 is 0. The Labute approximate surface area is 176 Å². The zero-order valence-corrected chi connectivity index (χ0v) is 16.9. The van der Waals surface area contributed by atoms with Gasteiger partial charge in [-0.2, -0.15) is 0 Å². The molecule has 0 atom stereocenters. The number of nitrogens with two attached hydrogens (primary N) is 1. The average molecular weight is 428 g/mol. The first-order valence-electron chi connectivity index (χ1n) is 9.76. The molecule has 0 saturated heterocycles. The average Bonchev–Trinajstić information content (AvgIpc) is 2.72. The normalized spacial score (nSPS) is 10.8. The lowest BCUT2D eigenvalue weighted by molar-refractivity contribution is 0.0984. The lowest BCUT2D eigenvalue weighted by atomic mass is 10.1. The molecule has 3 aromatic rings. The molecule has 1 aromatic heterocycles. The van der Waals surface area contributed by atoms with Crippen LogP contribution in [0.3, 0.4) is 0 Å². The molecule has 9 heteroatoms. The van der Waals surface area contributed by atoms with Crippen molar-refractivity contribution in [2.24, 2.45) is 0 Å². The van der Waals surface area contributed by atoms with Crippen molar-refractivity contribution in [3.63, 3.8) is 0 Å². The molecule has 1 heterocycles. The van der Waals surface area contributed by atoms with Gasteiger partial charge in [0, 0.05) is 18.2 Å². The molecule has 3 rings (SSSR count). The number of rotatable bonds is 7. The zero-order chi connectivity index (χ0) is 22.5. The Morgan fingerprint density at radius 1 is 1.10 bits per heavy atom. The molecule has 7 nitrogen and oxygen atoms in total. The summed E-state index contributed by atoms with van der Waals surface area (Å²) in [5.41, 5.74) is 4.70. The van der Waals surface area contributed by atoms with Crippen LogP contribution < -0.4 is 21.9 Å². The summed E-state index contributed by atoms with van der Waals surface area (Å²) in [6, 6.07) is 11.1. The molecule has 31 heavy (non-hydrogen) atoms. The quantitative estimate of drug-likeness (QED) is 0.604. The first kappa shape index (κ1) is 21.9. The number of carbonyl (C=O) groups is 1. The number of H-pyrrole nitrogens is 1. The first-order chi connectivity index (χ1) is 14.8. The third kappa shape index (κ3) is 4.88. The molecule has 0 bridgehead atoms. The minimum atomic E-state index is -0.933. The van der Waals surface area contributed by atoms with Crippen molar-refractivity contribution in [3.8, 4) is 0 Å². The summed E-state index contributed by atoms with van der Waals surface area (Å²) in [4.78, 5) is 41.4. The minimum Gasteiger partial charge on any atom is -0.383 e. The van der Waals surface area contributed by atoms with Gasteiger partial charge in [-0.25, -0.2) is 13.6 Å². The van der Waals surface area contributed by atoms with E-state index in [0.717, 1.165) is 23.5 Å². The van der Waals surface area contributed by atoms with E-state index in [2.05, 4.69) is 4.98 Å². The number of nitrogens with zero attached hydrogens (tertiary/aromatic N) is 2. The Balaban J connectivity index is 2.18. The van der Waals surface area contributed by atoms with Crippen molar-refractivity contribution in [2.75, 3.05) is 10.6 Å². The maximum Gasteiger partial charge on any atom is 0.330 e. The van der Waals surface area contributed by atoms with Crippen molar-refractivity contribution < 1.29 is 13.6 Å². The molecule has 0 spiro atoms. The van der Waals surface area contributed by atoms with Crippen molar-refractivity contribution in [3.05, 3.63) is 92.1 Å². The maximum atomic E-state index is 13.7. The zero-order valence-electron chi connectivity index (χ0n) is 16.9. The Morgan fingerprint density at radius 2 is 1.74 bits per heavy atom. The topological polar surface area (TPSA) is 101 Å². The van der Waals surface area contributed by atoms with E-state index in [4.69, 9.17) is 5.73 Å². The molecule has 162 valence electrons. The van der Waals surface area contributed by atoms with E-state index in [1.807, 2.05) is 6.92 Å². The largest absolute Gasteiger partial charge is 0.383 e. The standard InChI is InChI=1S/C22H22F2N4O3/c1-2-3-9-27-19(25)18(20(29)26-22(27)31)28(13-14-7-5-4-6-8-14)21(30)15-10-16(23)12-17(24)11-15/h4-8,10-12H,2-3,9,13,25H2,1H3,(H,26,29,31). The monoisotopic (exact) mass is 428 g/mol. The van der Waals surface area contributed by atoms with E-state index in [-0.39, 0.29) is 30.2 Å². The molecule has 3 N–H and O–H groups in total. The van der Waals surface area contributed by atoms with Gasteiger partial charge in [-0.3, -0.25) is 24.0 Å². The molecule has 0 aliphatic heterocycles. The van der Waals surface area contributed by atoms with Crippen LogP contribution in [0.4, 0.5) is 20.3 Å². The summed E-state index contributed by atoms with van der Waals surface area (Å²) in [6.45, 7) is 2.07. The predicted molar refractivity (Wildman–Crippen MR) is 114 cm³/mol. The number of nitrogen functional groups attached to an aromatic ring is 1. The van der Waals surface area contributed by atoms with Crippen LogP contribution in [-0.4, -0.2) is 15.5 Å². The summed E-state index contributed by atoms with van der Waals surface area (Å²) in [5, 5.41) is 0. The summed E-state index contributed by atoms with van der Waals surface area (Å²) in [6.07, 6.45) is 1.40. The van der Waals surface area contributed by atoms with Crippen molar-refractivity contribution in [1.82, 2.24) is 9.55 Å². The molecule has 0 saturated carbocycles. The number of halogens is 2. The van der Waals surface area contributed by atoms with Gasteiger partial charge >= 0.3 is 5.69 Å². The number of nitrogens with one attached hydrogen (secondary N) is 1. The number of unbranched alkanes of at least 4 members (excludes halogenated alkanes) is 1. The van der Waals surface area contributed by atoms with Gasteiger partial charge in [-0.05, 0) is 24.1 Å². The Morgan fingerprint density at radius 3 is 2.35 bits per heavy atom. The Hall–Kier alpha value is -3.75. The molecule has 0 aliphatic rings. The number of benzene rings is 2. The van der Waals surface area contributed by atoms with E-state index < -0.39 is 28.8 Å². The fourth-order valence-electron chi connectivity index (χ4n) is 3.23. The van der Waals surface area contributed by atoms with Crippen LogP contribution in [0.2, 0.25) is 0 Å². The minimum absolute atomic E-state index is 0.100. The van der Waals surface area contributed by atoms with Crippen molar-refractivity contribution in [2.45, 2.75) is 32.9 Å². The fraction of sp³-hybridized carbons (Fsp3) is 0.227. The van der Waals surface area contributed by atoms with Crippen molar-refractivity contribution in [1.29, 1.82) is 0 Å². The summed E-state index contributed by atoms with van der Waals surface area (Å²) in [7, 11) is 0. The number of aromatic nitrogens is 2. The molecule has 1 amide bonds. The first-order valence-corrected chi connectivity index (χ1v) is 9.76. The third-order valence-electron chi connectivity index (χ3n) is 4.76. The van der Waals surface area contributed by atoms with E-state index in [1.54, 1.807) is 30.3 Å². The molecular weight excluding hydrogens is 406 g/mol. The van der Waals surface area contributed by atoms with Crippen LogP contribution in [0, 0.1) is 11.6 Å². The number of carbonyl (C=O) groups excluding carboxylic acids is 1. The van der Waals surface area contributed by atoms with E-state index in [9.17, 15) is 23.2 Å². The van der Waals surface area contributed by atoms with Crippen LogP contribution in [0.25, 0.3) is 0 Å². The van der Waals surface area contributed by atoms with Crippen LogP contribution in [0.5, 0.6) is 0 Å². The van der Waals surface area contributed by atoms with Crippen LogP contribution in [0.1, 0.15) is 35.7 Å². The Bertz CT molecular complexity index is 1190. The van der Waals surface area contributed by atoms with Gasteiger partial charge in [0.2, 0.25) is 0 Å². The highest BCUT2D eigenvalue weighted by atomic mass is 19.1. The third-order valence-corrected chi connectivity index (χ3v) is 4.76. The maximum absolute atomic E-state index is 13.7. The fourth-order valence-corrected chi connectivity index (χ4v) is 3.23. The SMILES string of the molecule is CCCCn1c(N)c(N(Cc2ccccc2)C(=O)c2cc(F)cc(F)c2)c(=O)[nH]c1=O. The van der Waals surface area contributed by atoms with E-state index in [0.29, 0.717) is 18.1 Å². The lowest BCUT2D eigenvalue weighted by Crippen LogP contribution is -2.41. The van der Waals surface area contributed by atoms with Gasteiger partial charge in [0.1, 0.15) is 17.5 Å². The number of hydrogen-bond donors (Lipinski definition) is 2. The highest BCUT2D eigenvalue weighted by Gasteiger charge is 2.26. The van der Waals surface area contributed by atoms with Gasteiger partial charge in [0.25, 0.3) is 11.5 Å². The number of anilines is 2. The van der Waals surface area contributed by atoms with Crippen LogP contribution >= 0.6 is 0 Å². The van der Waals surface area contributed by atoms with Crippen LogP contribution in [-0.2, 0) is 13.1 Å². The van der Waals surface area contributed by atoms with Gasteiger partial charge in [-0.1, -0.05) is 43.7 Å². The second-order valence-corrected chi connectivity index (χ2v) is 7.03. The van der Waals surface area contributed by atoms with E-state index >= 15 is 0 Å². The molecule has 0 fully saturated rings. The van der Waals surface area contributed by atoms with Crippen molar-refractivity contribution >= 4 is 17.4 Å². The van der Waals surface area contributed by atoms with Gasteiger partial charge in [-0.15, -0.1) is 0 Å². The Kier molecular flexibility index (Phi) is 6.64. The second-order valence-electron chi connectivity index (χ2n) is 7.03. The van der Waals surface area contributed by atoms with Crippen LogP contribution in [0.15, 0.2) is 58.1 Å². The second kappa shape index (κ2) is 9.38. The van der Waals surface area contributed by atoms with Gasteiger partial charge < -0.3 is 5.73 Å². The summed E-state index contributed by atoms with van der Waals surface area (Å²) in [5.74, 6) is -2.89. The molecule has 0 unspecified atom stereocenters. The van der Waals surface area contributed by atoms with Gasteiger partial charge in [0.15, 0.2) is 5.69 Å². The lowest BCUT2D eigenvalue weighted by Gasteiger charge is -2.25. The molecule has 2 aromatic carbocycles. The number of hydrogen-bond acceptors (Lipinski definition) is 4. The van der Waals surface area contributed by atoms with Gasteiger partial charge in [0.05, 0.1) is 6.54 Å². The molecule has 0 aliphatic carbocycles. The molecule has 0 radical (unpaired) electrons. The van der Waals surface area contributed by atoms with E-state index in [1.165, 1.54) is 4.57 Å². The predicted octanol–water partition coefficient (Wildman–Crippen LogP) is 3.04. The smallest absolute Gasteiger partial charge is 0.330 e. The number of aromatic amines is 1. The summed E-state index contributed by atoms with van der Waals surface area (Å²) < 4.78 is 28.7. The highest BCUT2D eigenvalue weighted by molar-refractivity contribution is 6.07. The molecular formula is C22H22F2N4O3.